The van der Waals surface area contributed by atoms with E-state index < -0.39 is 20.5 Å². The molecule has 0 aromatic heterocycles. The van der Waals surface area contributed by atoms with Crippen LogP contribution in [0.2, 0.25) is 0 Å². The molecule has 1 rings (SSSR count). The first-order valence-electron chi connectivity index (χ1n) is 3.71. The maximum atomic E-state index is 10.5. The number of nitrogens with zero attached hydrogens (tertiary/aromatic N) is 1. The van der Waals surface area contributed by atoms with Gasteiger partial charge in [-0.05, 0) is 17.7 Å². The van der Waals surface area contributed by atoms with Gasteiger partial charge in [0, 0.05) is 12.1 Å². The first kappa shape index (κ1) is 11.6. The molecule has 0 aliphatic heterocycles. The van der Waals surface area contributed by atoms with Gasteiger partial charge in [-0.15, -0.1) is 0 Å². The highest BCUT2D eigenvalue weighted by Crippen LogP contribution is 2.20. The van der Waals surface area contributed by atoms with E-state index in [2.05, 4.69) is 0 Å². The Labute approximate surface area is 84.9 Å². The van der Waals surface area contributed by atoms with Crippen molar-refractivity contribution in [1.82, 2.24) is 0 Å². The SMILES string of the molecule is O=[N+]([O-])c1ccc(C(O)S(=O)(=O)O)cc1. The molecule has 0 fully saturated rings. The van der Waals surface area contributed by atoms with E-state index in [0.717, 1.165) is 24.3 Å². The van der Waals surface area contributed by atoms with E-state index in [1.54, 1.807) is 0 Å². The molecule has 1 aromatic carbocycles. The smallest absolute Gasteiger partial charge is 0.296 e. The lowest BCUT2D eigenvalue weighted by molar-refractivity contribution is -0.384. The molecule has 1 aromatic rings. The minimum absolute atomic E-state index is 0.136. The number of non-ortho nitro benzene ring substituents is 1. The highest BCUT2D eigenvalue weighted by Gasteiger charge is 2.22. The topological polar surface area (TPSA) is 118 Å². The van der Waals surface area contributed by atoms with Crippen molar-refractivity contribution in [3.8, 4) is 0 Å². The second kappa shape index (κ2) is 3.93. The molecule has 0 heterocycles. The molecule has 82 valence electrons. The van der Waals surface area contributed by atoms with Gasteiger partial charge in [0.05, 0.1) is 4.92 Å². The summed E-state index contributed by atoms with van der Waals surface area (Å²) >= 11 is 0. The molecule has 15 heavy (non-hydrogen) atoms. The van der Waals surface area contributed by atoms with Crippen molar-refractivity contribution in [3.05, 3.63) is 39.9 Å². The number of nitro groups is 1. The predicted octanol–water partition coefficient (Wildman–Crippen LogP) is 0.473. The lowest BCUT2D eigenvalue weighted by atomic mass is 10.2. The predicted molar refractivity (Wildman–Crippen MR) is 49.6 cm³/mol. The fourth-order valence-electron chi connectivity index (χ4n) is 0.933. The number of hydrogen-bond acceptors (Lipinski definition) is 5. The third-order valence-corrected chi connectivity index (χ3v) is 2.51. The van der Waals surface area contributed by atoms with E-state index in [4.69, 9.17) is 9.66 Å². The van der Waals surface area contributed by atoms with Crippen LogP contribution in [-0.4, -0.2) is 23.0 Å². The van der Waals surface area contributed by atoms with Crippen LogP contribution >= 0.6 is 0 Å². The van der Waals surface area contributed by atoms with Gasteiger partial charge in [0.15, 0.2) is 0 Å². The quantitative estimate of drug-likeness (QED) is 0.445. The normalized spacial score (nSPS) is 13.5. The average molecular weight is 233 g/mol. The van der Waals surface area contributed by atoms with E-state index in [0.29, 0.717) is 0 Å². The molecule has 7 nitrogen and oxygen atoms in total. The fourth-order valence-corrected chi connectivity index (χ4v) is 1.43. The van der Waals surface area contributed by atoms with Gasteiger partial charge in [-0.1, -0.05) is 0 Å². The molecular weight excluding hydrogens is 226 g/mol. The van der Waals surface area contributed by atoms with E-state index in [1.807, 2.05) is 0 Å². The molecule has 0 bridgehead atoms. The van der Waals surface area contributed by atoms with Gasteiger partial charge in [-0.3, -0.25) is 14.7 Å². The molecule has 2 N–H and O–H groups in total. The van der Waals surface area contributed by atoms with Crippen molar-refractivity contribution in [1.29, 1.82) is 0 Å². The summed E-state index contributed by atoms with van der Waals surface area (Å²) in [5, 5.41) is 19.3. The van der Waals surface area contributed by atoms with E-state index in [1.165, 1.54) is 0 Å². The molecule has 1 unspecified atom stereocenters. The fraction of sp³-hybridized carbons (Fsp3) is 0.143. The Morgan fingerprint density at radius 2 is 1.73 bits per heavy atom. The Morgan fingerprint density at radius 1 is 1.27 bits per heavy atom. The van der Waals surface area contributed by atoms with E-state index in [-0.39, 0.29) is 11.3 Å². The molecule has 0 amide bonds. The van der Waals surface area contributed by atoms with E-state index in [9.17, 15) is 18.5 Å². The summed E-state index contributed by atoms with van der Waals surface area (Å²) in [7, 11) is -4.60. The van der Waals surface area contributed by atoms with Crippen molar-refractivity contribution < 1.29 is 23.0 Å². The van der Waals surface area contributed by atoms with Crippen LogP contribution in [0.1, 0.15) is 11.0 Å². The summed E-state index contributed by atoms with van der Waals surface area (Å²) in [4.78, 5) is 9.59. The maximum Gasteiger partial charge on any atom is 0.296 e. The summed E-state index contributed by atoms with van der Waals surface area (Å²) < 4.78 is 29.6. The number of nitro benzene ring substituents is 1. The second-order valence-corrected chi connectivity index (χ2v) is 4.19. The molecule has 0 aliphatic carbocycles. The highest BCUT2D eigenvalue weighted by molar-refractivity contribution is 7.85. The number of aliphatic hydroxyl groups excluding tert-OH is 1. The molecule has 0 saturated heterocycles. The lowest BCUT2D eigenvalue weighted by Crippen LogP contribution is -2.11. The largest absolute Gasteiger partial charge is 0.371 e. The van der Waals surface area contributed by atoms with Crippen LogP contribution in [0.15, 0.2) is 24.3 Å². The first-order valence-corrected chi connectivity index (χ1v) is 5.21. The lowest BCUT2D eigenvalue weighted by Gasteiger charge is -2.06. The van der Waals surface area contributed by atoms with Crippen molar-refractivity contribution in [3.63, 3.8) is 0 Å². The van der Waals surface area contributed by atoms with Crippen molar-refractivity contribution in [2.75, 3.05) is 0 Å². The van der Waals surface area contributed by atoms with Crippen LogP contribution in [0.3, 0.4) is 0 Å². The Kier molecular flexibility index (Phi) is 3.03. The van der Waals surface area contributed by atoms with Crippen molar-refractivity contribution in [2.45, 2.75) is 5.44 Å². The molecule has 0 spiro atoms. The second-order valence-electron chi connectivity index (χ2n) is 2.72. The van der Waals surface area contributed by atoms with Gasteiger partial charge >= 0.3 is 0 Å². The zero-order valence-corrected chi connectivity index (χ0v) is 8.09. The highest BCUT2D eigenvalue weighted by atomic mass is 32.2. The van der Waals surface area contributed by atoms with Gasteiger partial charge in [0.1, 0.15) is 0 Å². The monoisotopic (exact) mass is 233 g/mol. The Morgan fingerprint density at radius 3 is 2.07 bits per heavy atom. The van der Waals surface area contributed by atoms with Gasteiger partial charge in [-0.2, -0.15) is 8.42 Å². The minimum Gasteiger partial charge on any atom is -0.371 e. The Bertz CT molecular complexity index is 465. The number of hydrogen-bond donors (Lipinski definition) is 2. The zero-order chi connectivity index (χ0) is 11.6. The summed E-state index contributed by atoms with van der Waals surface area (Å²) in [5.41, 5.74) is -2.46. The molecule has 1 atom stereocenters. The van der Waals surface area contributed by atoms with Crippen LogP contribution in [0.5, 0.6) is 0 Å². The Balaban J connectivity index is 3.05. The van der Waals surface area contributed by atoms with Crippen LogP contribution in [0.25, 0.3) is 0 Å². The summed E-state index contributed by atoms with van der Waals surface area (Å²) in [6, 6.07) is 4.17. The Hall–Kier alpha value is -1.51. The maximum absolute atomic E-state index is 10.5. The van der Waals surface area contributed by atoms with Crippen molar-refractivity contribution in [2.24, 2.45) is 0 Å². The molecule has 0 saturated carbocycles. The standard InChI is InChI=1S/C7H7NO6S/c9-7(15(12,13)14)5-1-3-6(4-2-5)8(10)11/h1-4,7,9H,(H,12,13,14). The first-order chi connectivity index (χ1) is 6.82. The summed E-state index contributed by atoms with van der Waals surface area (Å²) in [5.74, 6) is 0. The number of benzene rings is 1. The molecule has 0 radical (unpaired) electrons. The molecular formula is C7H7NO6S. The number of aliphatic hydroxyl groups is 1. The van der Waals surface area contributed by atoms with Crippen LogP contribution in [-0.2, 0) is 10.1 Å². The third kappa shape index (κ3) is 2.72. The van der Waals surface area contributed by atoms with Crippen LogP contribution in [0, 0.1) is 10.1 Å². The number of rotatable bonds is 3. The third-order valence-electron chi connectivity index (χ3n) is 1.67. The zero-order valence-electron chi connectivity index (χ0n) is 7.27. The van der Waals surface area contributed by atoms with Crippen LogP contribution < -0.4 is 0 Å². The van der Waals surface area contributed by atoms with Gasteiger partial charge < -0.3 is 5.11 Å². The molecule has 8 heteroatoms. The summed E-state index contributed by atoms with van der Waals surface area (Å²) in [6.45, 7) is 0. The average Bonchev–Trinajstić information content (AvgIpc) is 2.15. The van der Waals surface area contributed by atoms with Gasteiger partial charge in [0.25, 0.3) is 15.8 Å². The van der Waals surface area contributed by atoms with E-state index >= 15 is 0 Å². The van der Waals surface area contributed by atoms with Gasteiger partial charge in [0.2, 0.25) is 5.44 Å². The molecule has 0 aliphatic rings. The van der Waals surface area contributed by atoms with Gasteiger partial charge in [-0.25, -0.2) is 0 Å². The summed E-state index contributed by atoms with van der Waals surface area (Å²) in [6.07, 6.45) is 0. The van der Waals surface area contributed by atoms with Crippen LogP contribution in [0.4, 0.5) is 5.69 Å². The van der Waals surface area contributed by atoms with Crippen molar-refractivity contribution >= 4 is 15.8 Å². The minimum atomic E-state index is -4.60.